The molecule has 0 aromatic heterocycles. The highest BCUT2D eigenvalue weighted by atomic mass is 19.4. The van der Waals surface area contributed by atoms with E-state index in [1.807, 2.05) is 24.3 Å². The first-order chi connectivity index (χ1) is 21.1. The molecule has 0 bridgehead atoms. The van der Waals surface area contributed by atoms with E-state index >= 15 is 0 Å². The summed E-state index contributed by atoms with van der Waals surface area (Å²) in [6, 6.07) is 18.6. The summed E-state index contributed by atoms with van der Waals surface area (Å²) in [5.74, 6) is -0.418. The van der Waals surface area contributed by atoms with E-state index in [1.165, 1.54) is 19.2 Å². The Bertz CT molecular complexity index is 1470. The van der Waals surface area contributed by atoms with Crippen molar-refractivity contribution in [2.24, 2.45) is 5.92 Å². The van der Waals surface area contributed by atoms with Gasteiger partial charge in [0.1, 0.15) is 6.04 Å². The molecule has 2 heterocycles. The van der Waals surface area contributed by atoms with Crippen LogP contribution in [0.25, 0.3) is 11.1 Å². The molecule has 3 aromatic rings. The van der Waals surface area contributed by atoms with Gasteiger partial charge in [-0.1, -0.05) is 30.3 Å². The van der Waals surface area contributed by atoms with Crippen LogP contribution >= 0.6 is 0 Å². The molecule has 2 aliphatic heterocycles. The summed E-state index contributed by atoms with van der Waals surface area (Å²) < 4.78 is 43.9. The van der Waals surface area contributed by atoms with Gasteiger partial charge in [0.15, 0.2) is 0 Å². The molecule has 0 radical (unpaired) electrons. The lowest BCUT2D eigenvalue weighted by atomic mass is 9.91. The number of alkyl halides is 3. The number of nitrogens with zero attached hydrogens (tertiary/aromatic N) is 2. The Morgan fingerprint density at radius 2 is 1.55 bits per heavy atom. The van der Waals surface area contributed by atoms with Crippen molar-refractivity contribution >= 4 is 29.2 Å². The molecule has 0 aliphatic carbocycles. The van der Waals surface area contributed by atoms with Crippen molar-refractivity contribution in [3.8, 4) is 11.1 Å². The number of carbonyl (C=O) groups excluding carboxylic acids is 3. The number of hydrogen-bond acceptors (Lipinski definition) is 5. The number of nitrogens with one attached hydrogen (secondary N) is 1. The van der Waals surface area contributed by atoms with Crippen LogP contribution in [0, 0.1) is 5.92 Å². The molecule has 2 saturated heterocycles. The Balaban J connectivity index is 1.16. The maximum Gasteiger partial charge on any atom is 0.416 e. The summed E-state index contributed by atoms with van der Waals surface area (Å²) in [7, 11) is 1.36. The van der Waals surface area contributed by atoms with Gasteiger partial charge < -0.3 is 19.9 Å². The Hall–Kier alpha value is -4.34. The summed E-state index contributed by atoms with van der Waals surface area (Å²) in [5.41, 5.74) is 2.28. The Labute approximate surface area is 255 Å². The van der Waals surface area contributed by atoms with Gasteiger partial charge in [0, 0.05) is 43.0 Å². The van der Waals surface area contributed by atoms with Crippen LogP contribution in [-0.2, 0) is 20.5 Å². The molecule has 10 heteroatoms. The lowest BCUT2D eigenvalue weighted by molar-refractivity contribution is -0.155. The van der Waals surface area contributed by atoms with E-state index in [-0.39, 0.29) is 23.7 Å². The Morgan fingerprint density at radius 3 is 2.20 bits per heavy atom. The molecule has 0 spiro atoms. The van der Waals surface area contributed by atoms with E-state index < -0.39 is 17.8 Å². The number of esters is 1. The molecule has 5 rings (SSSR count). The molecular formula is C34H36F3N3O4. The SMILES string of the molecule is COC(=O)[C@@H]1CCCCN1C(=O)CC1CCN(c2ccc(NC(=O)c3ccccc3-c3ccc(C(F)(F)F)cc3)cc2)CC1. The van der Waals surface area contributed by atoms with Crippen LogP contribution in [0.1, 0.15) is 54.4 Å². The van der Waals surface area contributed by atoms with Crippen LogP contribution in [0.3, 0.4) is 0 Å². The quantitative estimate of drug-likeness (QED) is 0.300. The molecule has 0 unspecified atom stereocenters. The van der Waals surface area contributed by atoms with Crippen LogP contribution in [0.5, 0.6) is 0 Å². The summed E-state index contributed by atoms with van der Waals surface area (Å²) in [6.07, 6.45) is 0.198. The van der Waals surface area contributed by atoms with Gasteiger partial charge in [-0.05, 0) is 91.6 Å². The van der Waals surface area contributed by atoms with Gasteiger partial charge >= 0.3 is 12.1 Å². The zero-order valence-electron chi connectivity index (χ0n) is 24.6. The van der Waals surface area contributed by atoms with Crippen molar-refractivity contribution in [1.29, 1.82) is 0 Å². The molecule has 1 atom stereocenters. The predicted molar refractivity (Wildman–Crippen MR) is 162 cm³/mol. The van der Waals surface area contributed by atoms with Crippen molar-refractivity contribution in [2.45, 2.75) is 50.7 Å². The van der Waals surface area contributed by atoms with Gasteiger partial charge in [-0.25, -0.2) is 4.79 Å². The number of likely N-dealkylation sites (tertiary alicyclic amines) is 1. The van der Waals surface area contributed by atoms with E-state index in [0.29, 0.717) is 41.8 Å². The number of anilines is 2. The normalized spacial score (nSPS) is 17.7. The zero-order chi connectivity index (χ0) is 31.3. The predicted octanol–water partition coefficient (Wildman–Crippen LogP) is 6.79. The number of amides is 2. The van der Waals surface area contributed by atoms with Crippen LogP contribution in [0.15, 0.2) is 72.8 Å². The first kappa shape index (κ1) is 31.1. The van der Waals surface area contributed by atoms with Crippen molar-refractivity contribution < 1.29 is 32.3 Å². The first-order valence-electron chi connectivity index (χ1n) is 14.9. The highest BCUT2D eigenvalue weighted by molar-refractivity contribution is 6.08. The fourth-order valence-electron chi connectivity index (χ4n) is 6.10. The minimum absolute atomic E-state index is 0.0264. The maximum absolute atomic E-state index is 13.2. The number of ether oxygens (including phenoxy) is 1. The summed E-state index contributed by atoms with van der Waals surface area (Å²) in [4.78, 5) is 42.4. The Kier molecular flexibility index (Phi) is 9.56. The standard InChI is InChI=1S/C34H36F3N3O4/c1-44-33(43)30-8-4-5-19-40(30)31(41)22-23-17-20-39(21-18-23)27-15-13-26(14-16-27)38-32(42)29-7-3-2-6-28(29)24-9-11-25(12-10-24)34(35,36)37/h2-3,6-7,9-16,23,30H,4-5,8,17-22H2,1H3,(H,38,42)/t30-/m0/s1. The summed E-state index contributed by atoms with van der Waals surface area (Å²) in [5, 5.41) is 2.90. The number of halogens is 3. The van der Waals surface area contributed by atoms with Crippen LogP contribution in [0.2, 0.25) is 0 Å². The van der Waals surface area contributed by atoms with E-state index in [2.05, 4.69) is 10.2 Å². The second-order valence-electron chi connectivity index (χ2n) is 11.4. The second-order valence-corrected chi connectivity index (χ2v) is 11.4. The van der Waals surface area contributed by atoms with Gasteiger partial charge in [-0.15, -0.1) is 0 Å². The zero-order valence-corrected chi connectivity index (χ0v) is 24.6. The number of rotatable bonds is 7. The lowest BCUT2D eigenvalue weighted by Crippen LogP contribution is -2.49. The van der Waals surface area contributed by atoms with Crippen LogP contribution in [0.4, 0.5) is 24.5 Å². The molecule has 44 heavy (non-hydrogen) atoms. The van der Waals surface area contributed by atoms with Gasteiger partial charge in [0.05, 0.1) is 12.7 Å². The molecule has 7 nitrogen and oxygen atoms in total. The minimum Gasteiger partial charge on any atom is -0.467 e. The molecular weight excluding hydrogens is 571 g/mol. The molecule has 3 aromatic carbocycles. The van der Waals surface area contributed by atoms with Gasteiger partial charge in [-0.3, -0.25) is 9.59 Å². The van der Waals surface area contributed by atoms with Gasteiger partial charge in [0.2, 0.25) is 5.91 Å². The molecule has 232 valence electrons. The first-order valence-corrected chi connectivity index (χ1v) is 14.9. The molecule has 1 N–H and O–H groups in total. The topological polar surface area (TPSA) is 79.0 Å². The molecule has 2 amide bonds. The summed E-state index contributed by atoms with van der Waals surface area (Å²) >= 11 is 0. The van der Waals surface area contributed by atoms with Gasteiger partial charge in [0.25, 0.3) is 5.91 Å². The fourth-order valence-corrected chi connectivity index (χ4v) is 6.10. The van der Waals surface area contributed by atoms with Crippen LogP contribution < -0.4 is 10.2 Å². The Morgan fingerprint density at radius 1 is 0.864 bits per heavy atom. The van der Waals surface area contributed by atoms with Crippen molar-refractivity contribution in [3.63, 3.8) is 0 Å². The fraction of sp³-hybridized carbons (Fsp3) is 0.382. The van der Waals surface area contributed by atoms with E-state index in [9.17, 15) is 27.6 Å². The number of methoxy groups -OCH3 is 1. The maximum atomic E-state index is 13.2. The highest BCUT2D eigenvalue weighted by Gasteiger charge is 2.34. The van der Waals surface area contributed by atoms with Gasteiger partial charge in [-0.2, -0.15) is 13.2 Å². The molecule has 0 saturated carbocycles. The minimum atomic E-state index is -4.43. The van der Waals surface area contributed by atoms with E-state index in [1.54, 1.807) is 29.2 Å². The number of carbonyl (C=O) groups is 3. The van der Waals surface area contributed by atoms with E-state index in [0.717, 1.165) is 56.6 Å². The third-order valence-electron chi connectivity index (χ3n) is 8.56. The lowest BCUT2D eigenvalue weighted by Gasteiger charge is -2.37. The third kappa shape index (κ3) is 7.23. The second kappa shape index (κ2) is 13.5. The monoisotopic (exact) mass is 607 g/mol. The van der Waals surface area contributed by atoms with Crippen molar-refractivity contribution in [2.75, 3.05) is 37.0 Å². The highest BCUT2D eigenvalue weighted by Crippen LogP contribution is 2.33. The largest absolute Gasteiger partial charge is 0.467 e. The van der Waals surface area contributed by atoms with Crippen molar-refractivity contribution in [3.05, 3.63) is 83.9 Å². The van der Waals surface area contributed by atoms with Crippen LogP contribution in [-0.4, -0.2) is 55.5 Å². The van der Waals surface area contributed by atoms with E-state index in [4.69, 9.17) is 4.74 Å². The average Bonchev–Trinajstić information content (AvgIpc) is 3.04. The third-order valence-corrected chi connectivity index (χ3v) is 8.56. The number of hydrogen-bond donors (Lipinski definition) is 1. The number of piperidine rings is 2. The number of benzene rings is 3. The summed E-state index contributed by atoms with van der Waals surface area (Å²) in [6.45, 7) is 2.19. The molecule has 2 aliphatic rings. The van der Waals surface area contributed by atoms with Crippen molar-refractivity contribution in [1.82, 2.24) is 4.90 Å². The smallest absolute Gasteiger partial charge is 0.416 e. The average molecular weight is 608 g/mol. The molecule has 2 fully saturated rings.